The van der Waals surface area contributed by atoms with E-state index in [-0.39, 0.29) is 24.8 Å². The highest BCUT2D eigenvalue weighted by Crippen LogP contribution is 2.24. The molecule has 0 saturated carbocycles. The largest absolute Gasteiger partial charge is 1.00 e. The Morgan fingerprint density at radius 3 is 2.50 bits per heavy atom. The minimum Gasteiger partial charge on any atom is -1.00 e. The first-order valence-corrected chi connectivity index (χ1v) is 5.59. The standard InChI is InChI=1S/C12H18N2.2ClH/c13-9-12-11(7-4-8-14-12)10-5-2-1-3-6-10;;/h1-3,5-6,11-12,14H,4,7-9,13H2;2*1H/t11-,12+;;/m1../s1. The van der Waals surface area contributed by atoms with Gasteiger partial charge in [0.25, 0.3) is 0 Å². The first kappa shape index (κ1) is 15.7. The molecule has 4 heteroatoms. The van der Waals surface area contributed by atoms with Gasteiger partial charge in [-0.1, -0.05) is 30.3 Å². The van der Waals surface area contributed by atoms with Crippen LogP contribution in [0.5, 0.6) is 0 Å². The van der Waals surface area contributed by atoms with Crippen LogP contribution in [0.1, 0.15) is 24.3 Å². The van der Waals surface area contributed by atoms with Crippen molar-refractivity contribution in [2.45, 2.75) is 24.8 Å². The van der Waals surface area contributed by atoms with Gasteiger partial charge in [0.15, 0.2) is 0 Å². The van der Waals surface area contributed by atoms with Crippen molar-refractivity contribution < 1.29 is 35.9 Å². The second-order valence-electron chi connectivity index (χ2n) is 4.14. The molecule has 2 rings (SSSR count). The Hall–Kier alpha value is -0.280. The van der Waals surface area contributed by atoms with Crippen LogP contribution in [0.3, 0.4) is 0 Å². The Labute approximate surface area is 110 Å². The van der Waals surface area contributed by atoms with Crippen molar-refractivity contribution in [2.24, 2.45) is 0 Å². The van der Waals surface area contributed by atoms with Crippen LogP contribution in [0.4, 0.5) is 0 Å². The molecule has 0 bridgehead atoms. The lowest BCUT2D eigenvalue weighted by Crippen LogP contribution is -3.00. The molecule has 1 heterocycles. The quantitative estimate of drug-likeness (QED) is 0.533. The summed E-state index contributed by atoms with van der Waals surface area (Å²) in [6.07, 6.45) is 2.68. The van der Waals surface area contributed by atoms with Gasteiger partial charge in [0, 0.05) is 5.92 Å². The molecule has 16 heavy (non-hydrogen) atoms. The summed E-state index contributed by atoms with van der Waals surface area (Å²) in [6.45, 7) is 2.32. The van der Waals surface area contributed by atoms with E-state index in [1.165, 1.54) is 24.9 Å². The molecule has 1 aromatic rings. The summed E-state index contributed by atoms with van der Waals surface area (Å²) in [4.78, 5) is 0. The smallest absolute Gasteiger partial charge is 0.142 e. The number of rotatable bonds is 2. The van der Waals surface area contributed by atoms with Crippen LogP contribution >= 0.6 is 0 Å². The molecule has 0 unspecified atom stereocenters. The maximum absolute atomic E-state index is 4.05. The predicted molar refractivity (Wildman–Crippen MR) is 56.8 cm³/mol. The van der Waals surface area contributed by atoms with Crippen molar-refractivity contribution in [3.05, 3.63) is 35.9 Å². The van der Waals surface area contributed by atoms with E-state index in [2.05, 4.69) is 41.4 Å². The number of hydrogen-bond donors (Lipinski definition) is 2. The molecule has 1 aromatic carbocycles. The zero-order valence-corrected chi connectivity index (χ0v) is 10.9. The van der Waals surface area contributed by atoms with Crippen LogP contribution in [0.2, 0.25) is 0 Å². The van der Waals surface area contributed by atoms with E-state index in [4.69, 9.17) is 0 Å². The van der Waals surface area contributed by atoms with Crippen molar-refractivity contribution in [2.75, 3.05) is 13.1 Å². The third kappa shape index (κ3) is 3.63. The Bertz CT molecular complexity index is 280. The van der Waals surface area contributed by atoms with Gasteiger partial charge < -0.3 is 35.9 Å². The summed E-state index contributed by atoms with van der Waals surface area (Å²) >= 11 is 0. The van der Waals surface area contributed by atoms with Crippen molar-refractivity contribution in [1.29, 1.82) is 0 Å². The van der Waals surface area contributed by atoms with E-state index in [9.17, 15) is 0 Å². The van der Waals surface area contributed by atoms with Crippen LogP contribution in [0.25, 0.3) is 0 Å². The fourth-order valence-electron chi connectivity index (χ4n) is 2.48. The Morgan fingerprint density at radius 1 is 1.19 bits per heavy atom. The minimum atomic E-state index is 0. The molecule has 2 atom stereocenters. The highest BCUT2D eigenvalue weighted by atomic mass is 35.5. The normalized spacial score (nSPS) is 24.1. The number of benzene rings is 1. The topological polar surface area (TPSA) is 44.2 Å². The van der Waals surface area contributed by atoms with E-state index < -0.39 is 0 Å². The maximum Gasteiger partial charge on any atom is 0.142 e. The molecule has 0 radical (unpaired) electrons. The van der Waals surface area contributed by atoms with Gasteiger partial charge in [0.1, 0.15) is 12.6 Å². The van der Waals surface area contributed by atoms with Gasteiger partial charge >= 0.3 is 0 Å². The SMILES string of the molecule is [Cl-].[Cl-].[NH3+]C[C@@H]1[NH2+]CCC[C@@H]1c1ccccc1. The summed E-state index contributed by atoms with van der Waals surface area (Å²) in [6, 6.07) is 11.6. The van der Waals surface area contributed by atoms with Crippen LogP contribution in [0, 0.1) is 0 Å². The fourth-order valence-corrected chi connectivity index (χ4v) is 2.48. The van der Waals surface area contributed by atoms with Crippen molar-refractivity contribution in [1.82, 2.24) is 0 Å². The zero-order chi connectivity index (χ0) is 9.80. The molecule has 1 saturated heterocycles. The van der Waals surface area contributed by atoms with Crippen LogP contribution in [0.15, 0.2) is 30.3 Å². The Balaban J connectivity index is 0.00000112. The van der Waals surface area contributed by atoms with Crippen LogP contribution < -0.4 is 35.9 Å². The van der Waals surface area contributed by atoms with Gasteiger partial charge in [-0.25, -0.2) is 0 Å². The molecule has 0 aliphatic carbocycles. The van der Waals surface area contributed by atoms with E-state index in [1.54, 1.807) is 0 Å². The molecule has 1 fully saturated rings. The Kier molecular flexibility index (Phi) is 7.77. The molecule has 0 aromatic heterocycles. The van der Waals surface area contributed by atoms with Gasteiger partial charge in [0.05, 0.1) is 6.54 Å². The first-order chi connectivity index (χ1) is 6.92. The molecular formula is C12H20Cl2N2. The third-order valence-electron chi connectivity index (χ3n) is 3.27. The third-order valence-corrected chi connectivity index (χ3v) is 3.27. The maximum atomic E-state index is 4.05. The molecule has 1 aliphatic heterocycles. The predicted octanol–water partition coefficient (Wildman–Crippen LogP) is -6.25. The molecule has 0 amide bonds. The van der Waals surface area contributed by atoms with E-state index in [1.807, 2.05) is 0 Å². The lowest BCUT2D eigenvalue weighted by Gasteiger charge is -2.27. The number of hydrogen-bond acceptors (Lipinski definition) is 0. The van der Waals surface area contributed by atoms with Gasteiger partial charge in [0.2, 0.25) is 0 Å². The van der Waals surface area contributed by atoms with E-state index in [0.717, 1.165) is 12.5 Å². The fraction of sp³-hybridized carbons (Fsp3) is 0.500. The van der Waals surface area contributed by atoms with E-state index in [0.29, 0.717) is 6.04 Å². The van der Waals surface area contributed by atoms with E-state index >= 15 is 0 Å². The Morgan fingerprint density at radius 2 is 1.88 bits per heavy atom. The lowest BCUT2D eigenvalue weighted by molar-refractivity contribution is -0.715. The van der Waals surface area contributed by atoms with Crippen molar-refractivity contribution >= 4 is 0 Å². The first-order valence-electron chi connectivity index (χ1n) is 5.59. The monoisotopic (exact) mass is 262 g/mol. The summed E-state index contributed by atoms with van der Waals surface area (Å²) in [5, 5.41) is 2.47. The number of halogens is 2. The average molecular weight is 263 g/mol. The molecule has 92 valence electrons. The van der Waals surface area contributed by atoms with Crippen LogP contribution in [-0.4, -0.2) is 19.1 Å². The second-order valence-corrected chi connectivity index (χ2v) is 4.14. The number of quaternary nitrogens is 2. The summed E-state index contributed by atoms with van der Waals surface area (Å²) < 4.78 is 0. The molecular weight excluding hydrogens is 243 g/mol. The molecule has 1 aliphatic rings. The average Bonchev–Trinajstić information content (AvgIpc) is 2.30. The molecule has 2 nitrogen and oxygen atoms in total. The molecule has 0 spiro atoms. The summed E-state index contributed by atoms with van der Waals surface area (Å²) in [5.41, 5.74) is 5.55. The summed E-state index contributed by atoms with van der Waals surface area (Å²) in [7, 11) is 0. The van der Waals surface area contributed by atoms with Crippen molar-refractivity contribution in [3.8, 4) is 0 Å². The molecule has 5 N–H and O–H groups in total. The zero-order valence-electron chi connectivity index (χ0n) is 9.41. The van der Waals surface area contributed by atoms with Gasteiger partial charge in [-0.3, -0.25) is 0 Å². The number of piperidine rings is 1. The van der Waals surface area contributed by atoms with Crippen LogP contribution in [-0.2, 0) is 0 Å². The highest BCUT2D eigenvalue weighted by molar-refractivity contribution is 5.20. The van der Waals surface area contributed by atoms with Gasteiger partial charge in [-0.15, -0.1) is 0 Å². The number of nitrogens with two attached hydrogens (primary N) is 1. The van der Waals surface area contributed by atoms with Crippen molar-refractivity contribution in [3.63, 3.8) is 0 Å². The lowest BCUT2D eigenvalue weighted by atomic mass is 9.85. The van der Waals surface area contributed by atoms with Gasteiger partial charge in [-0.2, -0.15) is 0 Å². The second kappa shape index (κ2) is 7.91. The van der Waals surface area contributed by atoms with Gasteiger partial charge in [-0.05, 0) is 18.4 Å². The summed E-state index contributed by atoms with van der Waals surface area (Å²) in [5.74, 6) is 0.724. The minimum absolute atomic E-state index is 0. The highest BCUT2D eigenvalue weighted by Gasteiger charge is 2.29.